The quantitative estimate of drug-likeness (QED) is 0.638. The molecule has 2 aromatic carbocycles. The van der Waals surface area contributed by atoms with E-state index < -0.39 is 11.8 Å². The minimum absolute atomic E-state index is 0.0581. The average molecular weight is 395 g/mol. The van der Waals surface area contributed by atoms with Gasteiger partial charge in [0.05, 0.1) is 11.7 Å². The molecule has 0 aliphatic carbocycles. The minimum atomic E-state index is -1.00. The van der Waals surface area contributed by atoms with E-state index >= 15 is 0 Å². The molecule has 3 rings (SSSR count). The Balaban J connectivity index is 1.89. The molecular weight excluding hydrogens is 377 g/mol. The summed E-state index contributed by atoms with van der Waals surface area (Å²) in [6, 6.07) is 11.3. The highest BCUT2D eigenvalue weighted by molar-refractivity contribution is 5.67. The molecule has 7 nitrogen and oxygen atoms in total. The first kappa shape index (κ1) is 20.0. The maximum absolute atomic E-state index is 13.9. The average Bonchev–Trinajstić information content (AvgIpc) is 3.17. The topological polar surface area (TPSA) is 109 Å². The summed E-state index contributed by atoms with van der Waals surface area (Å²) < 4.78 is 24.8. The lowest BCUT2D eigenvalue weighted by Gasteiger charge is -2.11. The predicted molar refractivity (Wildman–Crippen MR) is 102 cm³/mol. The third-order valence-electron chi connectivity index (χ3n) is 4.05. The van der Waals surface area contributed by atoms with E-state index in [0.29, 0.717) is 22.4 Å². The number of nitrogens with zero attached hydrogens (tertiary/aromatic N) is 3. The standard InChI is InChI=1S/C21H18FN3O4/c1-12(2)28-18-7-4-15(10-16(18)11-23)21-24-20(25-29-21)14-3-6-17(22)13(9-14)5-8-19(26)27/h3-4,6-7,9-10,12H,5,8H2,1-2H3,(H,26,27). The molecule has 148 valence electrons. The Hall–Kier alpha value is -3.73. The number of hydrogen-bond acceptors (Lipinski definition) is 6. The van der Waals surface area contributed by atoms with Crippen LogP contribution >= 0.6 is 0 Å². The Bertz CT molecular complexity index is 1090. The highest BCUT2D eigenvalue weighted by atomic mass is 19.1. The van der Waals surface area contributed by atoms with Crippen molar-refractivity contribution >= 4 is 5.97 Å². The third-order valence-corrected chi connectivity index (χ3v) is 4.05. The number of aliphatic carboxylic acids is 1. The number of carboxylic acids is 1. The van der Waals surface area contributed by atoms with Crippen LogP contribution in [0.2, 0.25) is 0 Å². The van der Waals surface area contributed by atoms with E-state index in [0.717, 1.165) is 0 Å². The van der Waals surface area contributed by atoms with Crippen molar-refractivity contribution in [2.45, 2.75) is 32.8 Å². The van der Waals surface area contributed by atoms with Crippen molar-refractivity contribution in [3.05, 3.63) is 53.3 Å². The molecule has 0 aliphatic rings. The Morgan fingerprint density at radius 2 is 2.03 bits per heavy atom. The molecule has 0 amide bonds. The van der Waals surface area contributed by atoms with Crippen LogP contribution in [0.5, 0.6) is 5.75 Å². The van der Waals surface area contributed by atoms with E-state index in [2.05, 4.69) is 16.2 Å². The van der Waals surface area contributed by atoms with Crippen LogP contribution in [0.4, 0.5) is 4.39 Å². The maximum Gasteiger partial charge on any atom is 0.303 e. The fraction of sp³-hybridized carbons (Fsp3) is 0.238. The van der Waals surface area contributed by atoms with E-state index in [1.54, 1.807) is 18.2 Å². The van der Waals surface area contributed by atoms with Crippen LogP contribution in [-0.2, 0) is 11.2 Å². The molecule has 1 aromatic heterocycles. The summed E-state index contributed by atoms with van der Waals surface area (Å²) in [7, 11) is 0. The molecule has 0 saturated heterocycles. The summed E-state index contributed by atoms with van der Waals surface area (Å²) in [6.07, 6.45) is -0.195. The van der Waals surface area contributed by atoms with Crippen LogP contribution in [-0.4, -0.2) is 27.3 Å². The number of benzene rings is 2. The molecule has 29 heavy (non-hydrogen) atoms. The molecule has 3 aromatic rings. The van der Waals surface area contributed by atoms with Crippen molar-refractivity contribution in [2.75, 3.05) is 0 Å². The van der Waals surface area contributed by atoms with Crippen LogP contribution in [0.1, 0.15) is 31.4 Å². The van der Waals surface area contributed by atoms with Gasteiger partial charge < -0.3 is 14.4 Å². The molecule has 8 heteroatoms. The van der Waals surface area contributed by atoms with Gasteiger partial charge in [-0.1, -0.05) is 5.16 Å². The number of halogens is 1. The molecule has 0 saturated carbocycles. The van der Waals surface area contributed by atoms with Gasteiger partial charge >= 0.3 is 5.97 Å². The Morgan fingerprint density at radius 3 is 2.72 bits per heavy atom. The van der Waals surface area contributed by atoms with Crippen LogP contribution in [0, 0.1) is 17.1 Å². The molecule has 0 spiro atoms. The Labute approximate surface area is 166 Å². The number of nitriles is 1. The second kappa shape index (κ2) is 8.52. The van der Waals surface area contributed by atoms with E-state index in [1.807, 2.05) is 13.8 Å². The third kappa shape index (κ3) is 4.76. The van der Waals surface area contributed by atoms with Gasteiger partial charge in [-0.05, 0) is 62.2 Å². The number of rotatable bonds is 7. The first-order valence-electron chi connectivity index (χ1n) is 8.93. The molecule has 0 fully saturated rings. The fourth-order valence-electron chi connectivity index (χ4n) is 2.71. The second-order valence-electron chi connectivity index (χ2n) is 6.61. The van der Waals surface area contributed by atoms with Crippen LogP contribution < -0.4 is 4.74 Å². The molecule has 0 radical (unpaired) electrons. The molecule has 1 N–H and O–H groups in total. The van der Waals surface area contributed by atoms with Crippen molar-refractivity contribution in [3.8, 4) is 34.7 Å². The lowest BCUT2D eigenvalue weighted by molar-refractivity contribution is -0.136. The van der Waals surface area contributed by atoms with E-state index in [1.165, 1.54) is 18.2 Å². The van der Waals surface area contributed by atoms with Crippen LogP contribution in [0.3, 0.4) is 0 Å². The highest BCUT2D eigenvalue weighted by Crippen LogP contribution is 2.28. The zero-order chi connectivity index (χ0) is 21.0. The lowest BCUT2D eigenvalue weighted by atomic mass is 10.1. The van der Waals surface area contributed by atoms with Gasteiger partial charge in [0, 0.05) is 17.5 Å². The van der Waals surface area contributed by atoms with Gasteiger partial charge in [0.25, 0.3) is 5.89 Å². The molecular formula is C21H18FN3O4. The molecule has 0 atom stereocenters. The fourth-order valence-corrected chi connectivity index (χ4v) is 2.71. The SMILES string of the molecule is CC(C)Oc1ccc(-c2nc(-c3ccc(F)c(CCC(=O)O)c3)no2)cc1C#N. The molecule has 0 unspecified atom stereocenters. The van der Waals surface area contributed by atoms with Gasteiger partial charge in [-0.3, -0.25) is 4.79 Å². The monoisotopic (exact) mass is 395 g/mol. The number of carboxylic acid groups (broad SMARTS) is 1. The van der Waals surface area contributed by atoms with Gasteiger partial charge in [0.15, 0.2) is 0 Å². The van der Waals surface area contributed by atoms with E-state index in [4.69, 9.17) is 14.4 Å². The number of aromatic nitrogens is 2. The number of hydrogen-bond donors (Lipinski definition) is 1. The van der Waals surface area contributed by atoms with Crippen molar-refractivity contribution in [1.29, 1.82) is 5.26 Å². The smallest absolute Gasteiger partial charge is 0.303 e. The Kier molecular flexibility index (Phi) is 5.88. The summed E-state index contributed by atoms with van der Waals surface area (Å²) in [5.41, 5.74) is 1.65. The van der Waals surface area contributed by atoms with Crippen molar-refractivity contribution in [1.82, 2.24) is 10.1 Å². The largest absolute Gasteiger partial charge is 0.490 e. The van der Waals surface area contributed by atoms with Gasteiger partial charge in [0.2, 0.25) is 5.82 Å². The molecule has 1 heterocycles. The Morgan fingerprint density at radius 1 is 1.28 bits per heavy atom. The van der Waals surface area contributed by atoms with Crippen molar-refractivity contribution in [3.63, 3.8) is 0 Å². The number of aryl methyl sites for hydroxylation is 1. The van der Waals surface area contributed by atoms with Crippen molar-refractivity contribution < 1.29 is 23.6 Å². The van der Waals surface area contributed by atoms with E-state index in [-0.39, 0.29) is 36.2 Å². The van der Waals surface area contributed by atoms with Gasteiger partial charge in [0.1, 0.15) is 17.6 Å². The highest BCUT2D eigenvalue weighted by Gasteiger charge is 2.15. The molecule has 0 aliphatic heterocycles. The summed E-state index contributed by atoms with van der Waals surface area (Å²) >= 11 is 0. The first-order valence-corrected chi connectivity index (χ1v) is 8.93. The summed E-state index contributed by atoms with van der Waals surface area (Å²) in [5.74, 6) is -0.595. The van der Waals surface area contributed by atoms with Gasteiger partial charge in [-0.25, -0.2) is 4.39 Å². The predicted octanol–water partition coefficient (Wildman–Crippen LogP) is 4.22. The van der Waals surface area contributed by atoms with Gasteiger partial charge in [-0.15, -0.1) is 0 Å². The normalized spacial score (nSPS) is 10.7. The first-order chi connectivity index (χ1) is 13.9. The van der Waals surface area contributed by atoms with Crippen LogP contribution in [0.25, 0.3) is 22.8 Å². The maximum atomic E-state index is 13.9. The summed E-state index contributed by atoms with van der Waals surface area (Å²) in [6.45, 7) is 3.74. The summed E-state index contributed by atoms with van der Waals surface area (Å²) in [4.78, 5) is 15.1. The van der Waals surface area contributed by atoms with Crippen LogP contribution in [0.15, 0.2) is 40.9 Å². The lowest BCUT2D eigenvalue weighted by Crippen LogP contribution is -2.06. The van der Waals surface area contributed by atoms with Gasteiger partial charge in [-0.2, -0.15) is 10.2 Å². The second-order valence-corrected chi connectivity index (χ2v) is 6.61. The minimum Gasteiger partial charge on any atom is -0.490 e. The summed E-state index contributed by atoms with van der Waals surface area (Å²) in [5, 5.41) is 22.1. The number of carbonyl (C=O) groups is 1. The number of ether oxygens (including phenoxy) is 1. The van der Waals surface area contributed by atoms with E-state index in [9.17, 15) is 14.4 Å². The van der Waals surface area contributed by atoms with Crippen molar-refractivity contribution in [2.24, 2.45) is 0 Å². The zero-order valence-electron chi connectivity index (χ0n) is 15.8. The zero-order valence-corrected chi connectivity index (χ0v) is 15.8. The molecule has 0 bridgehead atoms.